The van der Waals surface area contributed by atoms with Crippen LogP contribution < -0.4 is 22.1 Å². The number of nitrogens with zero attached hydrogens (tertiary/aromatic N) is 2. The van der Waals surface area contributed by atoms with Crippen molar-refractivity contribution in [2.75, 3.05) is 10.6 Å². The minimum absolute atomic E-state index is 0.0583. The predicted molar refractivity (Wildman–Crippen MR) is 117 cm³/mol. The Labute approximate surface area is 175 Å². The highest BCUT2D eigenvalue weighted by Gasteiger charge is 2.23. The van der Waals surface area contributed by atoms with Gasteiger partial charge in [0.15, 0.2) is 0 Å². The van der Waals surface area contributed by atoms with E-state index >= 15 is 0 Å². The van der Waals surface area contributed by atoms with Gasteiger partial charge in [-0.3, -0.25) is 4.79 Å². The third-order valence-electron chi connectivity index (χ3n) is 5.34. The van der Waals surface area contributed by atoms with Gasteiger partial charge in [-0.1, -0.05) is 25.0 Å². The zero-order valence-corrected chi connectivity index (χ0v) is 16.9. The Morgan fingerprint density at radius 3 is 2.77 bits per heavy atom. The number of aryl methyl sites for hydroxylation is 1. The highest BCUT2D eigenvalue weighted by molar-refractivity contribution is 5.98. The van der Waals surface area contributed by atoms with Crippen LogP contribution in [0.5, 0.6) is 0 Å². The summed E-state index contributed by atoms with van der Waals surface area (Å²) in [6.07, 6.45) is 5.64. The number of nitrogens with one attached hydrogen (secondary N) is 2. The van der Waals surface area contributed by atoms with Crippen LogP contribution in [0, 0.1) is 6.92 Å². The predicted octanol–water partition coefficient (Wildman–Crippen LogP) is 3.57. The summed E-state index contributed by atoms with van der Waals surface area (Å²) in [5, 5.41) is 6.50. The van der Waals surface area contributed by atoms with Crippen LogP contribution in [0.25, 0.3) is 11.3 Å². The number of rotatable bonds is 6. The van der Waals surface area contributed by atoms with E-state index in [1.165, 1.54) is 6.20 Å². The van der Waals surface area contributed by atoms with Crippen molar-refractivity contribution in [1.29, 1.82) is 0 Å². The monoisotopic (exact) mass is 406 g/mol. The van der Waals surface area contributed by atoms with E-state index in [-0.39, 0.29) is 17.6 Å². The quantitative estimate of drug-likeness (QED) is 0.492. The molecule has 1 aromatic carbocycles. The number of primary amides is 1. The lowest BCUT2D eigenvalue weighted by molar-refractivity contribution is 0.100. The molecule has 30 heavy (non-hydrogen) atoms. The van der Waals surface area contributed by atoms with Gasteiger partial charge in [0.1, 0.15) is 22.9 Å². The highest BCUT2D eigenvalue weighted by Crippen LogP contribution is 2.27. The maximum Gasteiger partial charge on any atom is 0.254 e. The fourth-order valence-corrected chi connectivity index (χ4v) is 3.71. The maximum atomic E-state index is 11.9. The van der Waals surface area contributed by atoms with E-state index in [1.807, 2.05) is 43.3 Å². The number of carbonyl (C=O) groups is 1. The minimum Gasteiger partial charge on any atom is -0.461 e. The Morgan fingerprint density at radius 2 is 2.03 bits per heavy atom. The van der Waals surface area contributed by atoms with Gasteiger partial charge in [-0.2, -0.15) is 4.98 Å². The van der Waals surface area contributed by atoms with Gasteiger partial charge in [0, 0.05) is 29.5 Å². The first kappa shape index (κ1) is 19.9. The summed E-state index contributed by atoms with van der Waals surface area (Å²) in [6.45, 7) is 1.90. The lowest BCUT2D eigenvalue weighted by Crippen LogP contribution is -2.43. The van der Waals surface area contributed by atoms with Crippen LogP contribution in [0.15, 0.2) is 47.0 Å². The maximum absolute atomic E-state index is 11.9. The van der Waals surface area contributed by atoms with Crippen molar-refractivity contribution < 1.29 is 9.21 Å². The molecule has 0 saturated heterocycles. The summed E-state index contributed by atoms with van der Waals surface area (Å²) in [5.41, 5.74) is 13.6. The largest absolute Gasteiger partial charge is 0.461 e. The first-order valence-corrected chi connectivity index (χ1v) is 10.1. The van der Waals surface area contributed by atoms with Gasteiger partial charge in [0.05, 0.1) is 0 Å². The van der Waals surface area contributed by atoms with E-state index in [4.69, 9.17) is 15.9 Å². The molecule has 1 amide bonds. The van der Waals surface area contributed by atoms with Crippen LogP contribution in [0.1, 0.15) is 41.8 Å². The average molecular weight is 406 g/mol. The smallest absolute Gasteiger partial charge is 0.254 e. The summed E-state index contributed by atoms with van der Waals surface area (Å²) >= 11 is 0. The fourth-order valence-electron chi connectivity index (χ4n) is 3.71. The van der Waals surface area contributed by atoms with E-state index in [0.717, 1.165) is 48.5 Å². The summed E-state index contributed by atoms with van der Waals surface area (Å²) in [4.78, 5) is 20.7. The lowest BCUT2D eigenvalue weighted by atomic mass is 9.91. The summed E-state index contributed by atoms with van der Waals surface area (Å²) < 4.78 is 5.70. The number of nitrogens with two attached hydrogens (primary N) is 2. The van der Waals surface area contributed by atoms with E-state index in [2.05, 4.69) is 20.6 Å². The number of anilines is 3. The molecular weight excluding hydrogens is 380 g/mol. The molecule has 0 aliphatic heterocycles. The fraction of sp³-hybridized carbons (Fsp3) is 0.318. The molecular formula is C22H26N6O2. The van der Waals surface area contributed by atoms with Gasteiger partial charge in [0.25, 0.3) is 5.91 Å². The Balaban J connectivity index is 1.60. The zero-order valence-electron chi connectivity index (χ0n) is 16.9. The molecule has 1 aliphatic rings. The normalized spacial score (nSPS) is 18.7. The second-order valence-electron chi connectivity index (χ2n) is 7.64. The van der Waals surface area contributed by atoms with Gasteiger partial charge < -0.3 is 26.5 Å². The van der Waals surface area contributed by atoms with Crippen LogP contribution in [0.2, 0.25) is 0 Å². The summed E-state index contributed by atoms with van der Waals surface area (Å²) in [5.74, 6) is 1.77. The average Bonchev–Trinajstić information content (AvgIpc) is 3.16. The van der Waals surface area contributed by atoms with Crippen molar-refractivity contribution >= 4 is 23.4 Å². The van der Waals surface area contributed by atoms with Crippen molar-refractivity contribution in [3.8, 4) is 11.3 Å². The molecule has 2 atom stereocenters. The van der Waals surface area contributed by atoms with E-state index in [9.17, 15) is 4.79 Å². The molecule has 4 rings (SSSR count). The molecule has 3 aromatic rings. The number of benzene rings is 1. The Morgan fingerprint density at radius 1 is 1.20 bits per heavy atom. The third-order valence-corrected chi connectivity index (χ3v) is 5.34. The molecule has 156 valence electrons. The van der Waals surface area contributed by atoms with E-state index in [0.29, 0.717) is 11.8 Å². The highest BCUT2D eigenvalue weighted by atomic mass is 16.3. The van der Waals surface area contributed by atoms with Crippen LogP contribution in [0.3, 0.4) is 0 Å². The van der Waals surface area contributed by atoms with Gasteiger partial charge in [-0.05, 0) is 44.0 Å². The second kappa shape index (κ2) is 8.54. The topological polar surface area (TPSA) is 132 Å². The molecule has 0 spiro atoms. The number of aromatic nitrogens is 2. The van der Waals surface area contributed by atoms with Crippen LogP contribution in [0.4, 0.5) is 17.5 Å². The van der Waals surface area contributed by atoms with Crippen molar-refractivity contribution in [1.82, 2.24) is 9.97 Å². The van der Waals surface area contributed by atoms with Crippen molar-refractivity contribution in [3.05, 3.63) is 53.9 Å². The summed E-state index contributed by atoms with van der Waals surface area (Å²) in [6, 6.07) is 11.7. The standard InChI is InChI=1S/C22H26N6O2/c1-13-9-10-19(30-13)14-5-4-6-15(11-14)26-21-16(20(24)29)12-25-22(28-21)27-18-8-3-2-7-17(18)23/h4-6,9-12,17-18H,2-3,7-8,23H2,1H3,(H2,24,29)(H2,25,26,27,28)/t17-,18+/m0/s1. The van der Waals surface area contributed by atoms with Crippen molar-refractivity contribution in [2.24, 2.45) is 11.5 Å². The van der Waals surface area contributed by atoms with E-state index < -0.39 is 5.91 Å². The molecule has 8 nitrogen and oxygen atoms in total. The molecule has 2 aromatic heterocycles. The van der Waals surface area contributed by atoms with Crippen molar-refractivity contribution in [2.45, 2.75) is 44.7 Å². The number of hydrogen-bond donors (Lipinski definition) is 4. The molecule has 1 aliphatic carbocycles. The molecule has 1 saturated carbocycles. The second-order valence-corrected chi connectivity index (χ2v) is 7.64. The molecule has 0 radical (unpaired) electrons. The molecule has 1 fully saturated rings. The molecule has 6 N–H and O–H groups in total. The summed E-state index contributed by atoms with van der Waals surface area (Å²) in [7, 11) is 0. The third kappa shape index (κ3) is 4.44. The van der Waals surface area contributed by atoms with E-state index in [1.54, 1.807) is 0 Å². The minimum atomic E-state index is -0.601. The first-order chi connectivity index (χ1) is 14.5. The van der Waals surface area contributed by atoms with Gasteiger partial charge in [-0.25, -0.2) is 4.98 Å². The van der Waals surface area contributed by atoms with Crippen LogP contribution >= 0.6 is 0 Å². The molecule has 8 heteroatoms. The number of hydrogen-bond acceptors (Lipinski definition) is 7. The first-order valence-electron chi connectivity index (χ1n) is 10.1. The van der Waals surface area contributed by atoms with Crippen molar-refractivity contribution in [3.63, 3.8) is 0 Å². The lowest BCUT2D eigenvalue weighted by Gasteiger charge is -2.29. The molecule has 0 bridgehead atoms. The number of carbonyl (C=O) groups excluding carboxylic acids is 1. The van der Waals surface area contributed by atoms with Gasteiger partial charge in [-0.15, -0.1) is 0 Å². The zero-order chi connectivity index (χ0) is 21.1. The van der Waals surface area contributed by atoms with Gasteiger partial charge >= 0.3 is 0 Å². The number of furan rings is 1. The SMILES string of the molecule is Cc1ccc(-c2cccc(Nc3nc(N[C@@H]4CCCC[C@@H]4N)ncc3C(N)=O)c2)o1. The van der Waals surface area contributed by atoms with Gasteiger partial charge in [0.2, 0.25) is 5.95 Å². The molecule has 0 unspecified atom stereocenters. The Kier molecular flexibility index (Phi) is 5.67. The van der Waals surface area contributed by atoms with Crippen LogP contribution in [-0.4, -0.2) is 28.0 Å². The Hall–Kier alpha value is -3.39. The Bertz CT molecular complexity index is 1050. The number of amides is 1. The van der Waals surface area contributed by atoms with Crippen LogP contribution in [-0.2, 0) is 0 Å². The molecule has 2 heterocycles.